The molecular weight excluding hydrogens is 919 g/mol. The van der Waals surface area contributed by atoms with Crippen LogP contribution in [0, 0.1) is 17.8 Å². The van der Waals surface area contributed by atoms with Crippen molar-refractivity contribution in [2.24, 2.45) is 17.8 Å². The van der Waals surface area contributed by atoms with Gasteiger partial charge >= 0.3 is 12.2 Å². The number of ketones is 1. The van der Waals surface area contributed by atoms with Crippen LogP contribution in [0.25, 0.3) is 21.8 Å². The summed E-state index contributed by atoms with van der Waals surface area (Å²) in [6.45, 7) is 9.91. The summed E-state index contributed by atoms with van der Waals surface area (Å²) >= 11 is 0. The first kappa shape index (κ1) is 53.8. The molecule has 72 heavy (non-hydrogen) atoms. The van der Waals surface area contributed by atoms with Crippen LogP contribution in [0.2, 0.25) is 0 Å². The van der Waals surface area contributed by atoms with Gasteiger partial charge in [0.05, 0.1) is 18.2 Å². The minimum absolute atomic E-state index is 0.00608. The number of rotatable bonds is 24. The molecule has 0 radical (unpaired) electrons. The van der Waals surface area contributed by atoms with Gasteiger partial charge in [-0.25, -0.2) is 9.59 Å². The monoisotopic (exact) mass is 985 g/mol. The zero-order valence-corrected chi connectivity index (χ0v) is 41.5. The van der Waals surface area contributed by atoms with E-state index in [4.69, 9.17) is 9.47 Å². The molecule has 382 valence electrons. The molecule has 0 spiro atoms. The van der Waals surface area contributed by atoms with E-state index in [1.807, 2.05) is 84.9 Å². The lowest BCUT2D eigenvalue weighted by atomic mass is 9.81. The second kappa shape index (κ2) is 25.6. The molecule has 0 saturated carbocycles. The topological polar surface area (TPSA) is 253 Å². The van der Waals surface area contributed by atoms with Gasteiger partial charge < -0.3 is 56.2 Å². The quantitative estimate of drug-likeness (QED) is 0.0336. The van der Waals surface area contributed by atoms with Crippen LogP contribution in [-0.4, -0.2) is 98.3 Å². The molecule has 2 aromatic heterocycles. The van der Waals surface area contributed by atoms with Crippen LogP contribution in [0.15, 0.2) is 122 Å². The normalized spacial score (nSPS) is 14.8. The largest absolute Gasteiger partial charge is 0.445 e. The first-order valence-corrected chi connectivity index (χ1v) is 24.3. The summed E-state index contributed by atoms with van der Waals surface area (Å²) in [5.74, 6) is -4.25. The number of carbonyl (C=O) groups excluding carboxylic acids is 6. The molecule has 0 aliphatic carbocycles. The molecule has 9 N–H and O–H groups in total. The number of fused-ring (bicyclic) bond motifs is 2. The molecule has 6 aromatic rings. The summed E-state index contributed by atoms with van der Waals surface area (Å²) in [7, 11) is 0. The number of hydrogen-bond acceptors (Lipinski definition) is 10. The number of aliphatic hydroxyl groups is 2. The highest BCUT2D eigenvalue weighted by Gasteiger charge is 2.39. The highest BCUT2D eigenvalue weighted by Crippen LogP contribution is 2.29. The van der Waals surface area contributed by atoms with Gasteiger partial charge in [-0.1, -0.05) is 125 Å². The predicted molar refractivity (Wildman–Crippen MR) is 273 cm³/mol. The second-order valence-corrected chi connectivity index (χ2v) is 19.0. The minimum Gasteiger partial charge on any atom is -0.445 e. The number of para-hydroxylation sites is 2. The number of Topliss-reactive ketones (excluding diaryl/α,β-unsaturated/α-hetero) is 1. The molecule has 8 atom stereocenters. The summed E-state index contributed by atoms with van der Waals surface area (Å²) in [5.41, 5.74) is 4.64. The summed E-state index contributed by atoms with van der Waals surface area (Å²) in [5, 5.41) is 40.1. The minimum atomic E-state index is -1.69. The summed E-state index contributed by atoms with van der Waals surface area (Å²) in [6, 6.07) is 27.6. The molecule has 0 bridgehead atoms. The first-order valence-electron chi connectivity index (χ1n) is 24.3. The summed E-state index contributed by atoms with van der Waals surface area (Å²) in [4.78, 5) is 87.8. The van der Waals surface area contributed by atoms with Crippen LogP contribution in [-0.2, 0) is 54.7 Å². The van der Waals surface area contributed by atoms with Crippen molar-refractivity contribution < 1.29 is 48.5 Å². The fourth-order valence-electron chi connectivity index (χ4n) is 8.59. The Bertz CT molecular complexity index is 2570. The number of aromatic nitrogens is 2. The number of H-pyrrole nitrogens is 2. The Balaban J connectivity index is 1.21. The maximum atomic E-state index is 14.5. The fraction of sp³-hybridized carbons (Fsp3) is 0.382. The Morgan fingerprint density at radius 1 is 0.500 bits per heavy atom. The highest BCUT2D eigenvalue weighted by molar-refractivity contribution is 5.93. The molecule has 17 nitrogen and oxygen atoms in total. The lowest BCUT2D eigenvalue weighted by Crippen LogP contribution is -2.59. The lowest BCUT2D eigenvalue weighted by molar-refractivity contribution is -0.133. The van der Waals surface area contributed by atoms with Gasteiger partial charge in [0.25, 0.3) is 0 Å². The SMILES string of the molecule is CC(C)[C@H](NC(=O)[C@H](C)NC(=O)OCc1ccccc1)C(=O)C[C@@H](Cc1c[nH]c2ccccc12)[C@@H](O)[C@H](O)[C@H](Cc1c[nH]c2ccccc12)NC(=O)[C@@H](NC(=O)[C@H](C)NC(=O)OCc1ccccc1)C(C)C. The van der Waals surface area contributed by atoms with Gasteiger partial charge in [-0.15, -0.1) is 0 Å². The van der Waals surface area contributed by atoms with E-state index in [0.29, 0.717) is 0 Å². The highest BCUT2D eigenvalue weighted by atomic mass is 16.6. The molecule has 4 aromatic carbocycles. The van der Waals surface area contributed by atoms with E-state index >= 15 is 0 Å². The van der Waals surface area contributed by atoms with Crippen LogP contribution >= 0.6 is 0 Å². The lowest BCUT2D eigenvalue weighted by Gasteiger charge is -2.34. The Labute approximate surface area is 419 Å². The van der Waals surface area contributed by atoms with Crippen molar-refractivity contribution in [3.63, 3.8) is 0 Å². The standard InChI is InChI=1S/C55H67N7O10/c1-32(2)47(61-51(66)34(5)58-54(69)71-30-36-17-9-7-10-18-36)46(63)27-38(25-39-28-56-43-23-15-13-21-41(39)43)49(64)50(65)45(26-40-29-57-44-24-16-14-22-42(40)44)60-53(68)48(33(3)4)62-52(67)35(6)59-55(70)72-31-37-19-11-8-12-20-37/h7-24,28-29,32-35,38,45,47-50,56-57,64-65H,25-27,30-31H2,1-6H3,(H,58,69)(H,59,70)(H,60,68)(H,61,66)(H,62,67)/t34-,35-,38+,45-,47-,48-,49+,50+/m0/s1. The zero-order chi connectivity index (χ0) is 51.9. The average molecular weight is 986 g/mol. The average Bonchev–Trinajstić information content (AvgIpc) is 3.98. The van der Waals surface area contributed by atoms with E-state index in [1.54, 1.807) is 64.4 Å². The Kier molecular flexibility index (Phi) is 19.1. The van der Waals surface area contributed by atoms with Gasteiger partial charge in [0.2, 0.25) is 17.7 Å². The van der Waals surface area contributed by atoms with Gasteiger partial charge in [0.1, 0.15) is 37.4 Å². The Morgan fingerprint density at radius 3 is 1.40 bits per heavy atom. The van der Waals surface area contributed by atoms with Crippen LogP contribution in [0.1, 0.15) is 70.2 Å². The smallest absolute Gasteiger partial charge is 0.408 e. The number of carbonyl (C=O) groups is 6. The van der Waals surface area contributed by atoms with E-state index in [-0.39, 0.29) is 32.5 Å². The maximum Gasteiger partial charge on any atom is 0.408 e. The van der Waals surface area contributed by atoms with Crippen molar-refractivity contribution >= 4 is 57.5 Å². The maximum absolute atomic E-state index is 14.5. The molecular formula is C55H67N7O10. The van der Waals surface area contributed by atoms with Crippen molar-refractivity contribution in [1.29, 1.82) is 0 Å². The number of aromatic amines is 2. The molecule has 0 unspecified atom stereocenters. The Morgan fingerprint density at radius 2 is 0.931 bits per heavy atom. The van der Waals surface area contributed by atoms with E-state index in [2.05, 4.69) is 36.6 Å². The molecule has 6 rings (SSSR count). The Hall–Kier alpha value is -7.50. The number of alkyl carbamates (subject to hydrolysis) is 2. The second-order valence-electron chi connectivity index (χ2n) is 19.0. The van der Waals surface area contributed by atoms with Crippen molar-refractivity contribution in [1.82, 2.24) is 36.6 Å². The number of amides is 5. The van der Waals surface area contributed by atoms with Gasteiger partial charge in [0.15, 0.2) is 5.78 Å². The van der Waals surface area contributed by atoms with Gasteiger partial charge in [-0.3, -0.25) is 19.2 Å². The van der Waals surface area contributed by atoms with Crippen LogP contribution < -0.4 is 26.6 Å². The zero-order valence-electron chi connectivity index (χ0n) is 41.5. The van der Waals surface area contributed by atoms with E-state index in [9.17, 15) is 39.0 Å². The van der Waals surface area contributed by atoms with Gasteiger partial charge in [0, 0.05) is 40.6 Å². The third-order valence-electron chi connectivity index (χ3n) is 12.7. The van der Waals surface area contributed by atoms with Crippen molar-refractivity contribution in [2.45, 2.75) is 116 Å². The molecule has 0 aliphatic rings. The van der Waals surface area contributed by atoms with Crippen molar-refractivity contribution in [3.05, 3.63) is 144 Å². The molecule has 17 heteroatoms. The number of aliphatic hydroxyl groups excluding tert-OH is 2. The molecule has 5 amide bonds. The molecule has 2 heterocycles. The van der Waals surface area contributed by atoms with E-state index in [0.717, 1.165) is 44.1 Å². The molecule has 0 fully saturated rings. The summed E-state index contributed by atoms with van der Waals surface area (Å²) in [6.07, 6.45) is -1.60. The third kappa shape index (κ3) is 14.8. The van der Waals surface area contributed by atoms with E-state index < -0.39 is 95.9 Å². The molecule has 0 saturated heterocycles. The first-order chi connectivity index (χ1) is 34.5. The number of benzene rings is 4. The number of ether oxygens (including phenoxy) is 2. The third-order valence-corrected chi connectivity index (χ3v) is 12.7. The number of hydrogen-bond donors (Lipinski definition) is 9. The van der Waals surface area contributed by atoms with Crippen LogP contribution in [0.4, 0.5) is 9.59 Å². The van der Waals surface area contributed by atoms with Gasteiger partial charge in [-0.05, 0) is 78.8 Å². The number of nitrogens with one attached hydrogen (secondary N) is 7. The summed E-state index contributed by atoms with van der Waals surface area (Å²) < 4.78 is 10.6. The predicted octanol–water partition coefficient (Wildman–Crippen LogP) is 6.13. The fourth-order valence-corrected chi connectivity index (χ4v) is 8.59. The van der Waals surface area contributed by atoms with Crippen LogP contribution in [0.3, 0.4) is 0 Å². The van der Waals surface area contributed by atoms with Gasteiger partial charge in [-0.2, -0.15) is 0 Å². The van der Waals surface area contributed by atoms with Crippen LogP contribution in [0.5, 0.6) is 0 Å². The van der Waals surface area contributed by atoms with Crippen molar-refractivity contribution in [2.75, 3.05) is 0 Å². The van der Waals surface area contributed by atoms with E-state index in [1.165, 1.54) is 13.8 Å². The molecule has 0 aliphatic heterocycles. The van der Waals surface area contributed by atoms with Crippen molar-refractivity contribution in [3.8, 4) is 0 Å².